The van der Waals surface area contributed by atoms with E-state index in [4.69, 9.17) is 5.11 Å². The molecule has 1 saturated heterocycles. The Balaban J connectivity index is 2.66. The van der Waals surface area contributed by atoms with Gasteiger partial charge in [0.15, 0.2) is 0 Å². The molecule has 0 bridgehead atoms. The molecule has 13 heavy (non-hydrogen) atoms. The van der Waals surface area contributed by atoms with Crippen molar-refractivity contribution in [1.82, 2.24) is 9.80 Å². The summed E-state index contributed by atoms with van der Waals surface area (Å²) in [6.07, 6.45) is -0.111. The summed E-state index contributed by atoms with van der Waals surface area (Å²) in [4.78, 5) is 25.3. The highest BCUT2D eigenvalue weighted by Crippen LogP contribution is 2.10. The molecule has 0 aromatic carbocycles. The van der Waals surface area contributed by atoms with E-state index in [-0.39, 0.29) is 12.3 Å². The molecule has 1 amide bonds. The summed E-state index contributed by atoms with van der Waals surface area (Å²) in [6, 6.07) is -0.490. The van der Waals surface area contributed by atoms with Gasteiger partial charge in [0.2, 0.25) is 5.91 Å². The largest absolute Gasteiger partial charge is 0.481 e. The fourth-order valence-corrected chi connectivity index (χ4v) is 1.43. The standard InChI is InChI=1S/C8H14N2O3/c1-9-3-4-10(2)8(13)6(9)5-7(11)12/h6H,3-5H2,1-2H3,(H,11,12)/t6-/m0/s1. The number of amides is 1. The molecule has 0 radical (unpaired) electrons. The Morgan fingerprint density at radius 2 is 2.15 bits per heavy atom. The smallest absolute Gasteiger partial charge is 0.305 e. The van der Waals surface area contributed by atoms with Gasteiger partial charge in [0.1, 0.15) is 0 Å². The zero-order valence-corrected chi connectivity index (χ0v) is 7.86. The number of hydrogen-bond donors (Lipinski definition) is 1. The van der Waals surface area contributed by atoms with Crippen LogP contribution in [-0.2, 0) is 9.59 Å². The van der Waals surface area contributed by atoms with Crippen molar-refractivity contribution in [1.29, 1.82) is 0 Å². The minimum atomic E-state index is -0.930. The van der Waals surface area contributed by atoms with Crippen LogP contribution in [0, 0.1) is 0 Å². The van der Waals surface area contributed by atoms with E-state index in [0.29, 0.717) is 6.54 Å². The molecule has 0 aromatic heterocycles. The highest BCUT2D eigenvalue weighted by Gasteiger charge is 2.32. The highest BCUT2D eigenvalue weighted by atomic mass is 16.4. The monoisotopic (exact) mass is 186 g/mol. The third kappa shape index (κ3) is 2.18. The molecule has 1 atom stereocenters. The van der Waals surface area contributed by atoms with E-state index in [1.165, 1.54) is 0 Å². The lowest BCUT2D eigenvalue weighted by Crippen LogP contribution is -2.54. The minimum Gasteiger partial charge on any atom is -0.481 e. The van der Waals surface area contributed by atoms with Gasteiger partial charge in [-0.1, -0.05) is 0 Å². The Hall–Kier alpha value is -1.10. The van der Waals surface area contributed by atoms with Crippen molar-refractivity contribution in [3.8, 4) is 0 Å². The first-order valence-corrected chi connectivity index (χ1v) is 4.19. The second-order valence-electron chi connectivity index (χ2n) is 3.35. The van der Waals surface area contributed by atoms with E-state index in [1.807, 2.05) is 0 Å². The first kappa shape index (κ1) is 9.98. The molecule has 74 valence electrons. The van der Waals surface area contributed by atoms with Gasteiger partial charge in [-0.25, -0.2) is 0 Å². The molecular formula is C8H14N2O3. The van der Waals surface area contributed by atoms with Gasteiger partial charge in [-0.15, -0.1) is 0 Å². The predicted molar refractivity (Wildman–Crippen MR) is 46.3 cm³/mol. The fourth-order valence-electron chi connectivity index (χ4n) is 1.43. The average molecular weight is 186 g/mol. The van der Waals surface area contributed by atoms with Gasteiger partial charge in [0, 0.05) is 20.1 Å². The molecule has 0 spiro atoms. The molecule has 1 fully saturated rings. The molecule has 5 nitrogen and oxygen atoms in total. The molecule has 5 heteroatoms. The first-order valence-electron chi connectivity index (χ1n) is 4.19. The third-order valence-corrected chi connectivity index (χ3v) is 2.35. The van der Waals surface area contributed by atoms with Crippen LogP contribution in [0.4, 0.5) is 0 Å². The fraction of sp³-hybridized carbons (Fsp3) is 0.750. The third-order valence-electron chi connectivity index (χ3n) is 2.35. The summed E-state index contributed by atoms with van der Waals surface area (Å²) in [5, 5.41) is 8.59. The Bertz CT molecular complexity index is 229. The van der Waals surface area contributed by atoms with Crippen molar-refractivity contribution in [3.05, 3.63) is 0 Å². The van der Waals surface area contributed by atoms with Crippen LogP contribution in [0.2, 0.25) is 0 Å². The topological polar surface area (TPSA) is 60.9 Å². The molecule has 1 rings (SSSR count). The quantitative estimate of drug-likeness (QED) is 0.615. The number of carboxylic acids is 1. The highest BCUT2D eigenvalue weighted by molar-refractivity contribution is 5.86. The lowest BCUT2D eigenvalue weighted by molar-refractivity contribution is -0.147. The van der Waals surface area contributed by atoms with Crippen LogP contribution < -0.4 is 0 Å². The number of carbonyl (C=O) groups is 2. The second kappa shape index (κ2) is 3.74. The van der Waals surface area contributed by atoms with Crippen molar-refractivity contribution < 1.29 is 14.7 Å². The SMILES string of the molecule is CN1CCN(C)[C@@H](CC(=O)O)C1=O. The lowest BCUT2D eigenvalue weighted by atomic mass is 10.1. The maximum absolute atomic E-state index is 11.5. The Morgan fingerprint density at radius 3 is 2.69 bits per heavy atom. The number of piperazine rings is 1. The molecule has 0 aromatic rings. The molecular weight excluding hydrogens is 172 g/mol. The number of aliphatic carboxylic acids is 1. The molecule has 0 saturated carbocycles. The van der Waals surface area contributed by atoms with Crippen molar-refractivity contribution in [2.45, 2.75) is 12.5 Å². The van der Waals surface area contributed by atoms with Gasteiger partial charge in [-0.05, 0) is 7.05 Å². The van der Waals surface area contributed by atoms with E-state index in [2.05, 4.69) is 0 Å². The van der Waals surface area contributed by atoms with E-state index < -0.39 is 12.0 Å². The maximum atomic E-state index is 11.5. The van der Waals surface area contributed by atoms with Gasteiger partial charge in [0.05, 0.1) is 12.5 Å². The number of likely N-dealkylation sites (N-methyl/N-ethyl adjacent to an activating group) is 2. The van der Waals surface area contributed by atoms with Crippen LogP contribution >= 0.6 is 0 Å². The van der Waals surface area contributed by atoms with Crippen molar-refractivity contribution in [2.24, 2.45) is 0 Å². The van der Waals surface area contributed by atoms with Crippen LogP contribution in [0.25, 0.3) is 0 Å². The summed E-state index contributed by atoms with van der Waals surface area (Å²) >= 11 is 0. The number of carbonyl (C=O) groups excluding carboxylic acids is 1. The summed E-state index contributed by atoms with van der Waals surface area (Å²) in [5.74, 6) is -1.03. The molecule has 0 unspecified atom stereocenters. The molecule has 1 aliphatic rings. The first-order chi connectivity index (χ1) is 6.02. The van der Waals surface area contributed by atoms with E-state index in [0.717, 1.165) is 6.54 Å². The van der Waals surface area contributed by atoms with Gasteiger partial charge >= 0.3 is 5.97 Å². The second-order valence-corrected chi connectivity index (χ2v) is 3.35. The number of hydrogen-bond acceptors (Lipinski definition) is 3. The molecule has 1 aliphatic heterocycles. The minimum absolute atomic E-state index is 0.101. The Kier molecular flexibility index (Phi) is 2.87. The maximum Gasteiger partial charge on any atom is 0.305 e. The van der Waals surface area contributed by atoms with Gasteiger partial charge < -0.3 is 10.0 Å². The van der Waals surface area contributed by atoms with Crippen LogP contribution in [0.15, 0.2) is 0 Å². The predicted octanol–water partition coefficient (Wildman–Crippen LogP) is -0.766. The van der Waals surface area contributed by atoms with Gasteiger partial charge in [0.25, 0.3) is 0 Å². The summed E-state index contributed by atoms with van der Waals surface area (Å²) < 4.78 is 0. The van der Waals surface area contributed by atoms with Crippen molar-refractivity contribution >= 4 is 11.9 Å². The Labute approximate surface area is 76.9 Å². The molecule has 1 N–H and O–H groups in total. The number of rotatable bonds is 2. The summed E-state index contributed by atoms with van der Waals surface area (Å²) in [5.41, 5.74) is 0. The van der Waals surface area contributed by atoms with Gasteiger partial charge in [-0.3, -0.25) is 14.5 Å². The van der Waals surface area contributed by atoms with E-state index in [1.54, 1.807) is 23.9 Å². The van der Waals surface area contributed by atoms with Crippen molar-refractivity contribution in [3.63, 3.8) is 0 Å². The van der Waals surface area contributed by atoms with E-state index >= 15 is 0 Å². The summed E-state index contributed by atoms with van der Waals surface area (Å²) in [7, 11) is 3.47. The number of carboxylic acid groups (broad SMARTS) is 1. The molecule has 1 heterocycles. The van der Waals surface area contributed by atoms with Crippen LogP contribution in [-0.4, -0.2) is 60.0 Å². The van der Waals surface area contributed by atoms with Crippen LogP contribution in [0.3, 0.4) is 0 Å². The van der Waals surface area contributed by atoms with Gasteiger partial charge in [-0.2, -0.15) is 0 Å². The molecule has 0 aliphatic carbocycles. The Morgan fingerprint density at radius 1 is 1.54 bits per heavy atom. The van der Waals surface area contributed by atoms with E-state index in [9.17, 15) is 9.59 Å². The van der Waals surface area contributed by atoms with Crippen LogP contribution in [0.5, 0.6) is 0 Å². The number of nitrogens with zero attached hydrogens (tertiary/aromatic N) is 2. The lowest BCUT2D eigenvalue weighted by Gasteiger charge is -2.35. The zero-order chi connectivity index (χ0) is 10.0. The van der Waals surface area contributed by atoms with Crippen LogP contribution in [0.1, 0.15) is 6.42 Å². The zero-order valence-electron chi connectivity index (χ0n) is 7.86. The van der Waals surface area contributed by atoms with Crippen molar-refractivity contribution in [2.75, 3.05) is 27.2 Å². The summed E-state index contributed by atoms with van der Waals surface area (Å²) in [6.45, 7) is 1.41. The average Bonchev–Trinajstić information content (AvgIpc) is 2.05. The normalized spacial score (nSPS) is 24.9.